The topological polar surface area (TPSA) is 47.6 Å². The molecule has 3 rings (SSSR count). The molecule has 1 N–H and O–H groups in total. The lowest BCUT2D eigenvalue weighted by molar-refractivity contribution is -0.116. The molecule has 22 heavy (non-hydrogen) atoms. The van der Waals surface area contributed by atoms with Crippen molar-refractivity contribution in [2.45, 2.75) is 26.7 Å². The fourth-order valence-electron chi connectivity index (χ4n) is 2.45. The number of aryl methyl sites for hydroxylation is 2. The summed E-state index contributed by atoms with van der Waals surface area (Å²) in [6.07, 6.45) is 1.11. The average Bonchev–Trinajstić information content (AvgIpc) is 2.97. The van der Waals surface area contributed by atoms with Crippen molar-refractivity contribution < 1.29 is 14.3 Å². The maximum absolute atomic E-state index is 12.1. The molecule has 0 fully saturated rings. The molecule has 0 unspecified atom stereocenters. The zero-order valence-corrected chi connectivity index (χ0v) is 12.8. The molecule has 1 amide bonds. The number of carbonyl (C=O) groups excluding carboxylic acids is 1. The molecular formula is C18H19NO3. The molecule has 114 valence electrons. The van der Waals surface area contributed by atoms with Crippen LogP contribution < -0.4 is 14.8 Å². The van der Waals surface area contributed by atoms with Crippen LogP contribution in [-0.4, -0.2) is 12.7 Å². The van der Waals surface area contributed by atoms with Crippen molar-refractivity contribution in [3.8, 4) is 11.5 Å². The van der Waals surface area contributed by atoms with Gasteiger partial charge in [0.2, 0.25) is 12.7 Å². The molecule has 0 radical (unpaired) electrons. The Morgan fingerprint density at radius 2 is 1.95 bits per heavy atom. The van der Waals surface area contributed by atoms with Gasteiger partial charge in [0.05, 0.1) is 0 Å². The number of hydrogen-bond donors (Lipinski definition) is 1. The third kappa shape index (κ3) is 3.06. The first-order valence-corrected chi connectivity index (χ1v) is 7.38. The lowest BCUT2D eigenvalue weighted by Gasteiger charge is -2.10. The van der Waals surface area contributed by atoms with Crippen molar-refractivity contribution in [1.82, 2.24) is 0 Å². The molecule has 1 aliphatic rings. The van der Waals surface area contributed by atoms with E-state index in [1.165, 1.54) is 5.56 Å². The number of nitrogens with one attached hydrogen (secondary N) is 1. The van der Waals surface area contributed by atoms with E-state index in [4.69, 9.17) is 9.47 Å². The van der Waals surface area contributed by atoms with E-state index < -0.39 is 0 Å². The number of fused-ring (bicyclic) bond motifs is 1. The van der Waals surface area contributed by atoms with Gasteiger partial charge >= 0.3 is 0 Å². The van der Waals surface area contributed by atoms with Gasteiger partial charge in [0.15, 0.2) is 11.5 Å². The number of ether oxygens (including phenoxy) is 2. The van der Waals surface area contributed by atoms with Crippen LogP contribution in [0.25, 0.3) is 0 Å². The quantitative estimate of drug-likeness (QED) is 0.938. The second kappa shape index (κ2) is 6.10. The summed E-state index contributed by atoms with van der Waals surface area (Å²) in [5, 5.41) is 2.98. The maximum Gasteiger partial charge on any atom is 0.231 e. The fraction of sp³-hybridized carbons (Fsp3) is 0.278. The van der Waals surface area contributed by atoms with Gasteiger partial charge in [-0.15, -0.1) is 0 Å². The van der Waals surface area contributed by atoms with Gasteiger partial charge in [-0.2, -0.15) is 0 Å². The van der Waals surface area contributed by atoms with Crippen LogP contribution in [0.3, 0.4) is 0 Å². The first kappa shape index (κ1) is 14.4. The smallest absolute Gasteiger partial charge is 0.231 e. The summed E-state index contributed by atoms with van der Waals surface area (Å²) in [6.45, 7) is 4.33. The molecule has 1 heterocycles. The van der Waals surface area contributed by atoms with Gasteiger partial charge in [0.1, 0.15) is 0 Å². The Labute approximate surface area is 130 Å². The molecule has 4 heteroatoms. The van der Waals surface area contributed by atoms with Crippen molar-refractivity contribution >= 4 is 11.6 Å². The Kier molecular flexibility index (Phi) is 4.00. The summed E-state index contributed by atoms with van der Waals surface area (Å²) in [5.41, 5.74) is 4.24. The molecule has 0 spiro atoms. The monoisotopic (exact) mass is 297 g/mol. The molecular weight excluding hydrogens is 278 g/mol. The largest absolute Gasteiger partial charge is 0.454 e. The van der Waals surface area contributed by atoms with Crippen LogP contribution in [0, 0.1) is 13.8 Å². The number of amides is 1. The van der Waals surface area contributed by atoms with E-state index in [-0.39, 0.29) is 12.7 Å². The van der Waals surface area contributed by atoms with Crippen molar-refractivity contribution in [2.75, 3.05) is 12.1 Å². The zero-order valence-electron chi connectivity index (χ0n) is 12.8. The predicted molar refractivity (Wildman–Crippen MR) is 85.4 cm³/mol. The summed E-state index contributed by atoms with van der Waals surface area (Å²) in [5.74, 6) is 1.54. The fourth-order valence-corrected chi connectivity index (χ4v) is 2.45. The molecule has 2 aromatic carbocycles. The summed E-state index contributed by atoms with van der Waals surface area (Å²) in [4.78, 5) is 12.1. The Morgan fingerprint density at radius 1 is 1.14 bits per heavy atom. The summed E-state index contributed by atoms with van der Waals surface area (Å²) >= 11 is 0. The first-order chi connectivity index (χ1) is 10.6. The van der Waals surface area contributed by atoms with Crippen LogP contribution >= 0.6 is 0 Å². The van der Waals surface area contributed by atoms with Crippen LogP contribution in [0.1, 0.15) is 23.1 Å². The minimum absolute atomic E-state index is 0.0198. The molecule has 0 bridgehead atoms. The summed E-state index contributed by atoms with van der Waals surface area (Å²) in [6, 6.07) is 11.7. The highest BCUT2D eigenvalue weighted by Crippen LogP contribution is 2.32. The van der Waals surface area contributed by atoms with Gasteiger partial charge in [0, 0.05) is 12.1 Å². The van der Waals surface area contributed by atoms with Gasteiger partial charge in [-0.1, -0.05) is 18.2 Å². The van der Waals surface area contributed by atoms with Crippen LogP contribution in [0.4, 0.5) is 5.69 Å². The molecule has 4 nitrogen and oxygen atoms in total. The molecule has 0 atom stereocenters. The zero-order chi connectivity index (χ0) is 15.5. The molecule has 0 aliphatic carbocycles. The van der Waals surface area contributed by atoms with Crippen LogP contribution in [0.15, 0.2) is 36.4 Å². The van der Waals surface area contributed by atoms with Crippen molar-refractivity contribution in [3.05, 3.63) is 53.1 Å². The normalized spacial score (nSPS) is 12.3. The third-order valence-corrected chi connectivity index (χ3v) is 3.96. The van der Waals surface area contributed by atoms with Gasteiger partial charge < -0.3 is 14.8 Å². The second-order valence-corrected chi connectivity index (χ2v) is 5.48. The number of carbonyl (C=O) groups is 1. The number of hydrogen-bond acceptors (Lipinski definition) is 3. The third-order valence-electron chi connectivity index (χ3n) is 3.96. The van der Waals surface area contributed by atoms with E-state index in [1.54, 1.807) is 0 Å². The highest BCUT2D eigenvalue weighted by molar-refractivity contribution is 5.91. The van der Waals surface area contributed by atoms with E-state index in [9.17, 15) is 4.79 Å². The Hall–Kier alpha value is -2.49. The maximum atomic E-state index is 12.1. The first-order valence-electron chi connectivity index (χ1n) is 7.38. The summed E-state index contributed by atoms with van der Waals surface area (Å²) in [7, 11) is 0. The van der Waals surface area contributed by atoms with Crippen LogP contribution in [0.5, 0.6) is 11.5 Å². The predicted octanol–water partition coefficient (Wildman–Crippen LogP) is 3.60. The highest BCUT2D eigenvalue weighted by Gasteiger charge is 2.13. The van der Waals surface area contributed by atoms with Crippen molar-refractivity contribution in [2.24, 2.45) is 0 Å². The molecule has 0 saturated carbocycles. The van der Waals surface area contributed by atoms with Gasteiger partial charge in [-0.05, 0) is 55.2 Å². The lowest BCUT2D eigenvalue weighted by atomic mass is 10.1. The van der Waals surface area contributed by atoms with Crippen molar-refractivity contribution in [3.63, 3.8) is 0 Å². The van der Waals surface area contributed by atoms with E-state index in [0.717, 1.165) is 28.3 Å². The highest BCUT2D eigenvalue weighted by atomic mass is 16.7. The molecule has 1 aliphatic heterocycles. The van der Waals surface area contributed by atoms with Gasteiger partial charge in [-0.25, -0.2) is 0 Å². The minimum Gasteiger partial charge on any atom is -0.454 e. The summed E-state index contributed by atoms with van der Waals surface area (Å²) < 4.78 is 10.6. The number of rotatable bonds is 4. The standard InChI is InChI=1S/C18H19NO3/c1-12-4-3-5-15(13(12)2)19-18(20)9-7-14-6-8-16-17(10-14)22-11-21-16/h3-6,8,10H,7,9,11H2,1-2H3,(H,19,20). The van der Waals surface area contributed by atoms with E-state index in [0.29, 0.717) is 12.8 Å². The number of benzene rings is 2. The molecule has 0 aromatic heterocycles. The minimum atomic E-state index is 0.0198. The lowest BCUT2D eigenvalue weighted by Crippen LogP contribution is -2.13. The van der Waals surface area contributed by atoms with Gasteiger partial charge in [-0.3, -0.25) is 4.79 Å². The average molecular weight is 297 g/mol. The number of anilines is 1. The van der Waals surface area contributed by atoms with E-state index >= 15 is 0 Å². The van der Waals surface area contributed by atoms with E-state index in [2.05, 4.69) is 5.32 Å². The van der Waals surface area contributed by atoms with Crippen LogP contribution in [-0.2, 0) is 11.2 Å². The van der Waals surface area contributed by atoms with Crippen molar-refractivity contribution in [1.29, 1.82) is 0 Å². The second-order valence-electron chi connectivity index (χ2n) is 5.48. The van der Waals surface area contributed by atoms with Crippen LogP contribution in [0.2, 0.25) is 0 Å². The Balaban J connectivity index is 1.59. The van der Waals surface area contributed by atoms with Gasteiger partial charge in [0.25, 0.3) is 0 Å². The molecule has 0 saturated heterocycles. The SMILES string of the molecule is Cc1cccc(NC(=O)CCc2ccc3c(c2)OCO3)c1C. The van der Waals surface area contributed by atoms with E-state index in [1.807, 2.05) is 50.2 Å². The Morgan fingerprint density at radius 3 is 2.82 bits per heavy atom. The molecule has 2 aromatic rings. The Bertz CT molecular complexity index is 709.